The summed E-state index contributed by atoms with van der Waals surface area (Å²) in [7, 11) is 0. The van der Waals surface area contributed by atoms with E-state index in [1.807, 2.05) is 25.5 Å². The first-order valence-electron chi connectivity index (χ1n) is 5.95. The summed E-state index contributed by atoms with van der Waals surface area (Å²) in [6.45, 7) is 10.6. The van der Waals surface area contributed by atoms with E-state index in [0.717, 1.165) is 31.9 Å². The van der Waals surface area contributed by atoms with Gasteiger partial charge in [-0.05, 0) is 34.1 Å². The number of hydrogen-bond donors (Lipinski definition) is 1. The van der Waals surface area contributed by atoms with Gasteiger partial charge in [0.25, 0.3) is 0 Å². The van der Waals surface area contributed by atoms with Crippen molar-refractivity contribution in [1.82, 2.24) is 9.78 Å². The SMILES string of the molecule is CCOCCCn1nc(C)c(C(C)N)c1C. The van der Waals surface area contributed by atoms with Gasteiger partial charge in [-0.1, -0.05) is 0 Å². The highest BCUT2D eigenvalue weighted by atomic mass is 16.5. The van der Waals surface area contributed by atoms with Crippen LogP contribution in [0.2, 0.25) is 0 Å². The molecule has 16 heavy (non-hydrogen) atoms. The lowest BCUT2D eigenvalue weighted by Gasteiger charge is -2.07. The fourth-order valence-electron chi connectivity index (χ4n) is 2.05. The number of ether oxygens (including phenoxy) is 1. The Balaban J connectivity index is 2.64. The summed E-state index contributed by atoms with van der Waals surface area (Å²) >= 11 is 0. The van der Waals surface area contributed by atoms with Gasteiger partial charge in [0.1, 0.15) is 0 Å². The standard InChI is InChI=1S/C12H23N3O/c1-5-16-8-6-7-15-11(4)12(9(2)13)10(3)14-15/h9H,5-8,13H2,1-4H3. The number of nitrogens with two attached hydrogens (primary N) is 1. The van der Waals surface area contributed by atoms with Gasteiger partial charge in [0.05, 0.1) is 5.69 Å². The molecule has 4 nitrogen and oxygen atoms in total. The molecule has 0 aromatic carbocycles. The number of rotatable bonds is 6. The lowest BCUT2D eigenvalue weighted by molar-refractivity contribution is 0.140. The van der Waals surface area contributed by atoms with Crippen molar-refractivity contribution in [3.05, 3.63) is 17.0 Å². The third kappa shape index (κ3) is 3.06. The molecule has 0 aliphatic rings. The van der Waals surface area contributed by atoms with E-state index in [1.54, 1.807) is 0 Å². The molecule has 1 heterocycles. The van der Waals surface area contributed by atoms with E-state index in [9.17, 15) is 0 Å². The summed E-state index contributed by atoms with van der Waals surface area (Å²) in [5, 5.41) is 4.51. The second-order valence-electron chi connectivity index (χ2n) is 4.15. The molecule has 0 bridgehead atoms. The number of aryl methyl sites for hydroxylation is 2. The fourth-order valence-corrected chi connectivity index (χ4v) is 2.05. The highest BCUT2D eigenvalue weighted by Gasteiger charge is 2.13. The van der Waals surface area contributed by atoms with Gasteiger partial charge in [-0.2, -0.15) is 5.10 Å². The zero-order valence-electron chi connectivity index (χ0n) is 10.8. The second-order valence-corrected chi connectivity index (χ2v) is 4.15. The molecule has 4 heteroatoms. The van der Waals surface area contributed by atoms with Crippen LogP contribution in [0.1, 0.15) is 43.3 Å². The Bertz CT molecular complexity index is 331. The molecule has 1 aromatic rings. The van der Waals surface area contributed by atoms with Crippen LogP contribution in [0.3, 0.4) is 0 Å². The topological polar surface area (TPSA) is 53.1 Å². The summed E-state index contributed by atoms with van der Waals surface area (Å²) in [5.74, 6) is 0. The van der Waals surface area contributed by atoms with Crippen molar-refractivity contribution in [2.24, 2.45) is 5.73 Å². The molecule has 0 saturated heterocycles. The Morgan fingerprint density at radius 1 is 1.44 bits per heavy atom. The van der Waals surface area contributed by atoms with Crippen LogP contribution in [0, 0.1) is 13.8 Å². The van der Waals surface area contributed by atoms with Crippen molar-refractivity contribution in [2.75, 3.05) is 13.2 Å². The van der Waals surface area contributed by atoms with Crippen molar-refractivity contribution < 1.29 is 4.74 Å². The van der Waals surface area contributed by atoms with Crippen molar-refractivity contribution in [1.29, 1.82) is 0 Å². The maximum Gasteiger partial charge on any atom is 0.0644 e. The smallest absolute Gasteiger partial charge is 0.0644 e. The zero-order valence-corrected chi connectivity index (χ0v) is 10.8. The number of nitrogens with zero attached hydrogens (tertiary/aromatic N) is 2. The predicted molar refractivity (Wildman–Crippen MR) is 65.4 cm³/mol. The maximum atomic E-state index is 5.93. The summed E-state index contributed by atoms with van der Waals surface area (Å²) in [5.41, 5.74) is 9.33. The molecule has 0 radical (unpaired) electrons. The van der Waals surface area contributed by atoms with Gasteiger partial charge >= 0.3 is 0 Å². The largest absolute Gasteiger partial charge is 0.382 e. The molecule has 1 unspecified atom stereocenters. The quantitative estimate of drug-likeness (QED) is 0.753. The summed E-state index contributed by atoms with van der Waals surface area (Å²) in [4.78, 5) is 0. The minimum Gasteiger partial charge on any atom is -0.382 e. The predicted octanol–water partition coefficient (Wildman–Crippen LogP) is 1.95. The van der Waals surface area contributed by atoms with E-state index in [-0.39, 0.29) is 6.04 Å². The Morgan fingerprint density at radius 2 is 2.12 bits per heavy atom. The highest BCUT2D eigenvalue weighted by Crippen LogP contribution is 2.19. The lowest BCUT2D eigenvalue weighted by atomic mass is 10.1. The Morgan fingerprint density at radius 3 is 2.62 bits per heavy atom. The molecule has 2 N–H and O–H groups in total. The molecule has 0 spiro atoms. The van der Waals surface area contributed by atoms with E-state index in [1.165, 1.54) is 11.3 Å². The molecule has 1 rings (SSSR count). The molecular formula is C12H23N3O. The van der Waals surface area contributed by atoms with Crippen molar-refractivity contribution in [3.63, 3.8) is 0 Å². The van der Waals surface area contributed by atoms with Crippen molar-refractivity contribution >= 4 is 0 Å². The minimum atomic E-state index is 0.0561. The molecule has 0 amide bonds. The fraction of sp³-hybridized carbons (Fsp3) is 0.750. The van der Waals surface area contributed by atoms with Crippen LogP contribution in [0.15, 0.2) is 0 Å². The van der Waals surface area contributed by atoms with Gasteiger partial charge < -0.3 is 10.5 Å². The van der Waals surface area contributed by atoms with Crippen LogP contribution in [-0.4, -0.2) is 23.0 Å². The zero-order chi connectivity index (χ0) is 12.1. The molecule has 92 valence electrons. The van der Waals surface area contributed by atoms with Gasteiger partial charge in [0.15, 0.2) is 0 Å². The average molecular weight is 225 g/mol. The normalized spacial score (nSPS) is 13.1. The molecule has 1 atom stereocenters. The second kappa shape index (κ2) is 6.01. The van der Waals surface area contributed by atoms with Gasteiger partial charge in [-0.25, -0.2) is 0 Å². The Labute approximate surface area is 97.8 Å². The summed E-state index contributed by atoms with van der Waals surface area (Å²) in [6, 6.07) is 0.0561. The van der Waals surface area contributed by atoms with E-state index in [4.69, 9.17) is 10.5 Å². The molecule has 1 aromatic heterocycles. The molecular weight excluding hydrogens is 202 g/mol. The molecule has 0 aliphatic heterocycles. The van der Waals surface area contributed by atoms with Crippen LogP contribution < -0.4 is 5.73 Å². The molecule has 0 aliphatic carbocycles. The number of aromatic nitrogens is 2. The van der Waals surface area contributed by atoms with E-state index < -0.39 is 0 Å². The van der Waals surface area contributed by atoms with Crippen molar-refractivity contribution in [2.45, 2.75) is 46.7 Å². The lowest BCUT2D eigenvalue weighted by Crippen LogP contribution is -2.09. The van der Waals surface area contributed by atoms with Gasteiger partial charge in [0, 0.05) is 37.1 Å². The van der Waals surface area contributed by atoms with Crippen molar-refractivity contribution in [3.8, 4) is 0 Å². The van der Waals surface area contributed by atoms with E-state index in [0.29, 0.717) is 0 Å². The van der Waals surface area contributed by atoms with Crippen LogP contribution >= 0.6 is 0 Å². The summed E-state index contributed by atoms with van der Waals surface area (Å²) in [6.07, 6.45) is 0.994. The summed E-state index contributed by atoms with van der Waals surface area (Å²) < 4.78 is 7.35. The third-order valence-electron chi connectivity index (χ3n) is 2.76. The Hall–Kier alpha value is -0.870. The number of hydrogen-bond acceptors (Lipinski definition) is 3. The first-order chi connectivity index (χ1) is 7.57. The Kier molecular flexibility index (Phi) is 4.96. The monoisotopic (exact) mass is 225 g/mol. The van der Waals surface area contributed by atoms with Gasteiger partial charge in [0.2, 0.25) is 0 Å². The first kappa shape index (κ1) is 13.2. The van der Waals surface area contributed by atoms with Crippen LogP contribution in [0.5, 0.6) is 0 Å². The maximum absolute atomic E-state index is 5.93. The van der Waals surface area contributed by atoms with E-state index >= 15 is 0 Å². The third-order valence-corrected chi connectivity index (χ3v) is 2.76. The van der Waals surface area contributed by atoms with Gasteiger partial charge in [-0.15, -0.1) is 0 Å². The van der Waals surface area contributed by atoms with E-state index in [2.05, 4.69) is 12.0 Å². The van der Waals surface area contributed by atoms with Crippen LogP contribution in [0.25, 0.3) is 0 Å². The minimum absolute atomic E-state index is 0.0561. The average Bonchev–Trinajstić information content (AvgIpc) is 2.49. The van der Waals surface area contributed by atoms with Crippen LogP contribution in [-0.2, 0) is 11.3 Å². The van der Waals surface area contributed by atoms with Crippen LogP contribution in [0.4, 0.5) is 0 Å². The molecule has 0 fully saturated rings. The first-order valence-corrected chi connectivity index (χ1v) is 5.95. The highest BCUT2D eigenvalue weighted by molar-refractivity contribution is 5.27. The van der Waals surface area contributed by atoms with Gasteiger partial charge in [-0.3, -0.25) is 4.68 Å². The molecule has 0 saturated carbocycles.